The third kappa shape index (κ3) is 3.94. The number of rotatable bonds is 5. The van der Waals surface area contributed by atoms with Crippen molar-refractivity contribution in [1.82, 2.24) is 0 Å². The van der Waals surface area contributed by atoms with E-state index in [2.05, 4.69) is 15.9 Å². The first kappa shape index (κ1) is 18.1. The van der Waals surface area contributed by atoms with Crippen LogP contribution in [-0.4, -0.2) is 11.6 Å². The molecule has 0 spiro atoms. The van der Waals surface area contributed by atoms with Crippen molar-refractivity contribution in [3.8, 4) is 0 Å². The summed E-state index contributed by atoms with van der Waals surface area (Å²) in [7, 11) is 0. The Balaban J connectivity index is 2.01. The van der Waals surface area contributed by atoms with Crippen molar-refractivity contribution in [2.75, 3.05) is 0 Å². The summed E-state index contributed by atoms with van der Waals surface area (Å²) in [5.74, 6) is -1.47. The summed E-state index contributed by atoms with van der Waals surface area (Å²) in [6.45, 7) is 0. The maximum Gasteiger partial charge on any atom is 0.193 e. The van der Waals surface area contributed by atoms with E-state index in [0.29, 0.717) is 27.6 Å². The van der Waals surface area contributed by atoms with Crippen LogP contribution in [0.15, 0.2) is 66.7 Å². The maximum atomic E-state index is 13.1. The summed E-state index contributed by atoms with van der Waals surface area (Å²) in [4.78, 5) is 25.4. The predicted molar refractivity (Wildman–Crippen MR) is 98.7 cm³/mol. The molecule has 0 amide bonds. The van der Waals surface area contributed by atoms with Crippen LogP contribution in [-0.2, 0) is 5.33 Å². The fourth-order valence-corrected chi connectivity index (χ4v) is 2.89. The standard InChI is InChI=1S/C21H13BrF2O2/c22-12-13-9-16(20(25)14-1-5-18(23)6-2-14)11-17(10-13)21(26)15-3-7-19(24)8-4-15/h1-11H,12H2. The van der Waals surface area contributed by atoms with Gasteiger partial charge in [0.05, 0.1) is 0 Å². The van der Waals surface area contributed by atoms with Crippen LogP contribution in [0, 0.1) is 11.6 Å². The van der Waals surface area contributed by atoms with E-state index in [9.17, 15) is 18.4 Å². The van der Waals surface area contributed by atoms with Crippen LogP contribution in [0.2, 0.25) is 0 Å². The van der Waals surface area contributed by atoms with Gasteiger partial charge in [-0.1, -0.05) is 15.9 Å². The van der Waals surface area contributed by atoms with Gasteiger partial charge in [0, 0.05) is 27.6 Å². The molecule has 0 heterocycles. The number of hydrogen-bond donors (Lipinski definition) is 0. The number of benzene rings is 3. The van der Waals surface area contributed by atoms with Gasteiger partial charge in [-0.3, -0.25) is 9.59 Å². The lowest BCUT2D eigenvalue weighted by atomic mass is 9.95. The van der Waals surface area contributed by atoms with Crippen LogP contribution in [0.5, 0.6) is 0 Å². The van der Waals surface area contributed by atoms with Gasteiger partial charge >= 0.3 is 0 Å². The molecule has 0 bridgehead atoms. The van der Waals surface area contributed by atoms with Gasteiger partial charge in [-0.15, -0.1) is 0 Å². The number of hydrogen-bond acceptors (Lipinski definition) is 2. The Morgan fingerprint density at radius 2 is 1.04 bits per heavy atom. The predicted octanol–water partition coefficient (Wildman–Crippen LogP) is 5.32. The van der Waals surface area contributed by atoms with E-state index < -0.39 is 11.6 Å². The number of ketones is 2. The highest BCUT2D eigenvalue weighted by atomic mass is 79.9. The topological polar surface area (TPSA) is 34.1 Å². The molecule has 0 N–H and O–H groups in total. The third-order valence-corrected chi connectivity index (χ3v) is 4.53. The van der Waals surface area contributed by atoms with Crippen LogP contribution < -0.4 is 0 Å². The molecule has 2 nitrogen and oxygen atoms in total. The second-order valence-electron chi connectivity index (χ2n) is 5.72. The molecule has 0 unspecified atom stereocenters. The van der Waals surface area contributed by atoms with Crippen molar-refractivity contribution in [2.24, 2.45) is 0 Å². The zero-order chi connectivity index (χ0) is 18.7. The largest absolute Gasteiger partial charge is 0.289 e. The molecule has 0 saturated carbocycles. The zero-order valence-electron chi connectivity index (χ0n) is 13.5. The highest BCUT2D eigenvalue weighted by Gasteiger charge is 2.16. The molecule has 0 radical (unpaired) electrons. The summed E-state index contributed by atoms with van der Waals surface area (Å²) >= 11 is 3.33. The van der Waals surface area contributed by atoms with Gasteiger partial charge in [-0.25, -0.2) is 8.78 Å². The molecular weight excluding hydrogens is 402 g/mol. The lowest BCUT2D eigenvalue weighted by Gasteiger charge is -2.08. The van der Waals surface area contributed by atoms with Gasteiger partial charge in [0.1, 0.15) is 11.6 Å². The quantitative estimate of drug-likeness (QED) is 0.418. The fourth-order valence-electron chi connectivity index (χ4n) is 2.57. The van der Waals surface area contributed by atoms with Gasteiger partial charge in [-0.2, -0.15) is 0 Å². The Kier molecular flexibility index (Phi) is 5.38. The molecule has 0 aliphatic rings. The van der Waals surface area contributed by atoms with Gasteiger partial charge < -0.3 is 0 Å². The second kappa shape index (κ2) is 7.70. The van der Waals surface area contributed by atoms with Crippen molar-refractivity contribution in [2.45, 2.75) is 5.33 Å². The lowest BCUT2D eigenvalue weighted by Crippen LogP contribution is -2.07. The van der Waals surface area contributed by atoms with E-state index in [1.54, 1.807) is 12.1 Å². The van der Waals surface area contributed by atoms with Crippen molar-refractivity contribution in [3.63, 3.8) is 0 Å². The average Bonchev–Trinajstić information content (AvgIpc) is 2.67. The van der Waals surface area contributed by atoms with Crippen molar-refractivity contribution >= 4 is 27.5 Å². The lowest BCUT2D eigenvalue weighted by molar-refractivity contribution is 0.103. The smallest absolute Gasteiger partial charge is 0.193 e. The maximum absolute atomic E-state index is 13.1. The molecule has 26 heavy (non-hydrogen) atoms. The Morgan fingerprint density at radius 3 is 1.38 bits per heavy atom. The number of carbonyl (C=O) groups is 2. The number of alkyl halides is 1. The van der Waals surface area contributed by atoms with E-state index in [0.717, 1.165) is 5.56 Å². The molecule has 3 aromatic carbocycles. The van der Waals surface area contributed by atoms with Crippen molar-refractivity contribution < 1.29 is 18.4 Å². The van der Waals surface area contributed by atoms with E-state index in [1.165, 1.54) is 54.6 Å². The highest BCUT2D eigenvalue weighted by molar-refractivity contribution is 9.08. The Hall–Kier alpha value is -2.66. The van der Waals surface area contributed by atoms with Crippen LogP contribution in [0.4, 0.5) is 8.78 Å². The van der Waals surface area contributed by atoms with Crippen LogP contribution in [0.3, 0.4) is 0 Å². The Labute approximate surface area is 157 Å². The fraction of sp³-hybridized carbons (Fsp3) is 0.0476. The minimum absolute atomic E-state index is 0.305. The minimum Gasteiger partial charge on any atom is -0.289 e. The zero-order valence-corrected chi connectivity index (χ0v) is 15.1. The molecule has 0 saturated heterocycles. The first-order valence-corrected chi connectivity index (χ1v) is 8.90. The summed E-state index contributed by atoms with van der Waals surface area (Å²) in [6.07, 6.45) is 0. The normalized spacial score (nSPS) is 10.6. The molecule has 0 aromatic heterocycles. The summed E-state index contributed by atoms with van der Waals surface area (Å²) in [5.41, 5.74) is 2.08. The first-order valence-electron chi connectivity index (χ1n) is 7.78. The van der Waals surface area contributed by atoms with E-state index in [4.69, 9.17) is 0 Å². The van der Waals surface area contributed by atoms with Crippen molar-refractivity contribution in [1.29, 1.82) is 0 Å². The van der Waals surface area contributed by atoms with Crippen LogP contribution in [0.1, 0.15) is 37.4 Å². The van der Waals surface area contributed by atoms with E-state index in [-0.39, 0.29) is 11.6 Å². The average molecular weight is 415 g/mol. The molecule has 130 valence electrons. The molecule has 0 fully saturated rings. The van der Waals surface area contributed by atoms with Crippen LogP contribution in [0.25, 0.3) is 0 Å². The summed E-state index contributed by atoms with van der Waals surface area (Å²) in [5, 5.41) is 0.460. The molecule has 5 heteroatoms. The Bertz CT molecular complexity index is 889. The van der Waals surface area contributed by atoms with Gasteiger partial charge in [0.25, 0.3) is 0 Å². The molecule has 0 aliphatic carbocycles. The number of halogens is 3. The van der Waals surface area contributed by atoms with Gasteiger partial charge in [0.15, 0.2) is 11.6 Å². The summed E-state index contributed by atoms with van der Waals surface area (Å²) < 4.78 is 26.1. The van der Waals surface area contributed by atoms with E-state index >= 15 is 0 Å². The minimum atomic E-state index is -0.428. The van der Waals surface area contributed by atoms with Gasteiger partial charge in [0.2, 0.25) is 0 Å². The molecular formula is C21H13BrF2O2. The van der Waals surface area contributed by atoms with Gasteiger partial charge in [-0.05, 0) is 72.3 Å². The molecule has 0 atom stereocenters. The van der Waals surface area contributed by atoms with E-state index in [1.807, 2.05) is 0 Å². The second-order valence-corrected chi connectivity index (χ2v) is 6.29. The highest BCUT2D eigenvalue weighted by Crippen LogP contribution is 2.20. The number of carbonyl (C=O) groups excluding carboxylic acids is 2. The SMILES string of the molecule is O=C(c1ccc(F)cc1)c1cc(CBr)cc(C(=O)c2ccc(F)cc2)c1. The first-order chi connectivity index (χ1) is 12.5. The molecule has 0 aliphatic heterocycles. The monoisotopic (exact) mass is 414 g/mol. The Morgan fingerprint density at radius 1 is 0.654 bits per heavy atom. The van der Waals surface area contributed by atoms with Crippen LogP contribution >= 0.6 is 15.9 Å². The molecule has 3 aromatic rings. The molecule has 3 rings (SSSR count). The third-order valence-electron chi connectivity index (χ3n) is 3.88. The summed E-state index contributed by atoms with van der Waals surface area (Å²) in [6, 6.07) is 15.3. The van der Waals surface area contributed by atoms with Crippen molar-refractivity contribution in [3.05, 3.63) is 106 Å².